The first kappa shape index (κ1) is 27.8. The molecule has 0 aliphatic heterocycles. The van der Waals surface area contributed by atoms with Crippen LogP contribution in [0.15, 0.2) is 109 Å². The number of alkyl halides is 6. The number of amides is 1. The van der Waals surface area contributed by atoms with Gasteiger partial charge in [0.2, 0.25) is 0 Å². The van der Waals surface area contributed by atoms with Crippen LogP contribution in [0.5, 0.6) is 0 Å². The van der Waals surface area contributed by atoms with Crippen molar-refractivity contribution in [3.8, 4) is 0 Å². The van der Waals surface area contributed by atoms with E-state index in [1.54, 1.807) is 36.4 Å². The first-order chi connectivity index (χ1) is 19.5. The van der Waals surface area contributed by atoms with Gasteiger partial charge in [-0.25, -0.2) is 0 Å². The standard InChI is InChI=1S/C31H21F6N3O/c32-30(33,34)24-10-4-8-22(17-24)29(19-20-6-2-1-3-7-20,23-9-5-11-25(18-23)31(35,36)37)40-28(41)21-12-13-26-27(16-21)39-15-14-38-26/h1-18H,19H2,(H,40,41). The number of nitrogens with one attached hydrogen (secondary N) is 1. The van der Waals surface area contributed by atoms with E-state index in [-0.39, 0.29) is 23.1 Å². The van der Waals surface area contributed by atoms with Gasteiger partial charge in [0.1, 0.15) is 0 Å². The lowest BCUT2D eigenvalue weighted by Gasteiger charge is -2.37. The van der Waals surface area contributed by atoms with Crippen LogP contribution < -0.4 is 5.32 Å². The maximum atomic E-state index is 13.8. The lowest BCUT2D eigenvalue weighted by Crippen LogP contribution is -2.49. The van der Waals surface area contributed by atoms with Crippen molar-refractivity contribution < 1.29 is 31.1 Å². The molecule has 5 aromatic rings. The topological polar surface area (TPSA) is 54.9 Å². The average Bonchev–Trinajstić information content (AvgIpc) is 2.96. The van der Waals surface area contributed by atoms with Crippen molar-refractivity contribution in [2.75, 3.05) is 0 Å². The zero-order chi connectivity index (χ0) is 29.3. The van der Waals surface area contributed by atoms with E-state index >= 15 is 0 Å². The molecule has 1 amide bonds. The molecule has 0 atom stereocenters. The summed E-state index contributed by atoms with van der Waals surface area (Å²) in [7, 11) is 0. The molecule has 0 aliphatic rings. The Hall–Kier alpha value is -4.73. The van der Waals surface area contributed by atoms with E-state index in [9.17, 15) is 31.1 Å². The van der Waals surface area contributed by atoms with Gasteiger partial charge < -0.3 is 5.32 Å². The van der Waals surface area contributed by atoms with Crippen LogP contribution in [0.1, 0.15) is 38.2 Å². The zero-order valence-electron chi connectivity index (χ0n) is 21.2. The van der Waals surface area contributed by atoms with Gasteiger partial charge >= 0.3 is 12.4 Å². The smallest absolute Gasteiger partial charge is 0.338 e. The molecular formula is C31H21F6N3O. The van der Waals surface area contributed by atoms with Crippen LogP contribution >= 0.6 is 0 Å². The minimum Gasteiger partial charge on any atom is -0.338 e. The molecular weight excluding hydrogens is 544 g/mol. The summed E-state index contributed by atoms with van der Waals surface area (Å²) in [6, 6.07) is 21.5. The van der Waals surface area contributed by atoms with Gasteiger partial charge in [-0.2, -0.15) is 26.3 Å². The third kappa shape index (κ3) is 5.91. The van der Waals surface area contributed by atoms with E-state index in [1.807, 2.05) is 0 Å². The molecule has 41 heavy (non-hydrogen) atoms. The fourth-order valence-electron chi connectivity index (χ4n) is 4.75. The van der Waals surface area contributed by atoms with Crippen molar-refractivity contribution in [1.82, 2.24) is 15.3 Å². The molecule has 5 rings (SSSR count). The van der Waals surface area contributed by atoms with Gasteiger partial charge in [0.15, 0.2) is 0 Å². The van der Waals surface area contributed by atoms with Crippen LogP contribution in [0.4, 0.5) is 26.3 Å². The molecule has 10 heteroatoms. The van der Waals surface area contributed by atoms with Crippen molar-refractivity contribution in [1.29, 1.82) is 0 Å². The third-order valence-corrected chi connectivity index (χ3v) is 6.74. The summed E-state index contributed by atoms with van der Waals surface area (Å²) in [4.78, 5) is 22.2. The lowest BCUT2D eigenvalue weighted by atomic mass is 9.76. The van der Waals surface area contributed by atoms with Crippen molar-refractivity contribution in [2.45, 2.75) is 24.3 Å². The Bertz CT molecular complexity index is 1640. The van der Waals surface area contributed by atoms with Crippen LogP contribution in [0.3, 0.4) is 0 Å². The quantitative estimate of drug-likeness (QED) is 0.216. The number of aromatic nitrogens is 2. The van der Waals surface area contributed by atoms with Crippen molar-refractivity contribution in [2.24, 2.45) is 0 Å². The van der Waals surface area contributed by atoms with E-state index < -0.39 is 34.9 Å². The zero-order valence-corrected chi connectivity index (χ0v) is 21.2. The van der Waals surface area contributed by atoms with Gasteiger partial charge in [-0.05, 0) is 59.2 Å². The summed E-state index contributed by atoms with van der Waals surface area (Å²) in [5.41, 5.74) is -2.33. The summed E-state index contributed by atoms with van der Waals surface area (Å²) in [5, 5.41) is 2.83. The predicted molar refractivity (Wildman–Crippen MR) is 141 cm³/mol. The highest BCUT2D eigenvalue weighted by molar-refractivity contribution is 5.98. The Morgan fingerprint density at radius 1 is 0.610 bits per heavy atom. The van der Waals surface area contributed by atoms with Crippen LogP contribution in [0.2, 0.25) is 0 Å². The number of nitrogens with zero attached hydrogens (tertiary/aromatic N) is 2. The average molecular weight is 566 g/mol. The van der Waals surface area contributed by atoms with E-state index in [0.717, 1.165) is 24.3 Å². The summed E-state index contributed by atoms with van der Waals surface area (Å²) < 4.78 is 83.0. The molecule has 1 heterocycles. The number of rotatable bonds is 6. The second-order valence-corrected chi connectivity index (χ2v) is 9.44. The fourth-order valence-corrected chi connectivity index (χ4v) is 4.75. The summed E-state index contributed by atoms with van der Waals surface area (Å²) in [6.45, 7) is 0. The Kier molecular flexibility index (Phi) is 7.25. The predicted octanol–water partition coefficient (Wildman–Crippen LogP) is 7.58. The second-order valence-electron chi connectivity index (χ2n) is 9.44. The van der Waals surface area contributed by atoms with Gasteiger partial charge in [0.25, 0.3) is 5.91 Å². The van der Waals surface area contributed by atoms with E-state index in [0.29, 0.717) is 16.6 Å². The summed E-state index contributed by atoms with van der Waals surface area (Å²) in [5.74, 6) is -0.719. The minimum absolute atomic E-state index is 0.0376. The van der Waals surface area contributed by atoms with E-state index in [4.69, 9.17) is 0 Å². The van der Waals surface area contributed by atoms with Gasteiger partial charge in [0.05, 0.1) is 27.7 Å². The molecule has 0 radical (unpaired) electrons. The molecule has 4 aromatic carbocycles. The number of hydrogen-bond donors (Lipinski definition) is 1. The number of carbonyl (C=O) groups excluding carboxylic acids is 1. The normalized spacial score (nSPS) is 12.3. The maximum Gasteiger partial charge on any atom is 0.416 e. The monoisotopic (exact) mass is 565 g/mol. The van der Waals surface area contributed by atoms with E-state index in [1.165, 1.54) is 48.8 Å². The Morgan fingerprint density at radius 3 is 1.71 bits per heavy atom. The largest absolute Gasteiger partial charge is 0.416 e. The van der Waals surface area contributed by atoms with Gasteiger partial charge in [-0.15, -0.1) is 0 Å². The van der Waals surface area contributed by atoms with E-state index in [2.05, 4.69) is 15.3 Å². The molecule has 1 aromatic heterocycles. The minimum atomic E-state index is -4.73. The van der Waals surface area contributed by atoms with Gasteiger partial charge in [0, 0.05) is 24.4 Å². The van der Waals surface area contributed by atoms with Gasteiger partial charge in [-0.3, -0.25) is 14.8 Å². The molecule has 0 unspecified atom stereocenters. The highest BCUT2D eigenvalue weighted by Crippen LogP contribution is 2.40. The number of fused-ring (bicyclic) bond motifs is 1. The Labute approximate surface area is 230 Å². The molecule has 0 saturated carbocycles. The third-order valence-electron chi connectivity index (χ3n) is 6.74. The number of benzene rings is 4. The van der Waals surface area contributed by atoms with Crippen LogP contribution in [-0.2, 0) is 24.3 Å². The summed E-state index contributed by atoms with van der Waals surface area (Å²) in [6.07, 6.45) is -6.69. The van der Waals surface area contributed by atoms with Crippen molar-refractivity contribution in [3.63, 3.8) is 0 Å². The first-order valence-electron chi connectivity index (χ1n) is 12.4. The molecule has 208 valence electrons. The lowest BCUT2D eigenvalue weighted by molar-refractivity contribution is -0.138. The Balaban J connectivity index is 1.75. The fraction of sp³-hybridized carbons (Fsp3) is 0.129. The van der Waals surface area contributed by atoms with Crippen molar-refractivity contribution >= 4 is 16.9 Å². The van der Waals surface area contributed by atoms with Crippen LogP contribution in [-0.4, -0.2) is 15.9 Å². The first-order valence-corrected chi connectivity index (χ1v) is 12.4. The van der Waals surface area contributed by atoms with Crippen LogP contribution in [0, 0.1) is 0 Å². The SMILES string of the molecule is O=C(NC(Cc1ccccc1)(c1cccc(C(F)(F)F)c1)c1cccc(C(F)(F)F)c1)c1ccc2nccnc2c1. The number of halogens is 6. The van der Waals surface area contributed by atoms with Crippen molar-refractivity contribution in [3.05, 3.63) is 143 Å². The molecule has 4 nitrogen and oxygen atoms in total. The highest BCUT2D eigenvalue weighted by atomic mass is 19.4. The highest BCUT2D eigenvalue weighted by Gasteiger charge is 2.41. The summed E-state index contributed by atoms with van der Waals surface area (Å²) >= 11 is 0. The Morgan fingerprint density at radius 2 is 1.15 bits per heavy atom. The maximum absolute atomic E-state index is 13.8. The number of carbonyl (C=O) groups is 1. The second kappa shape index (κ2) is 10.7. The molecule has 0 saturated heterocycles. The number of hydrogen-bond acceptors (Lipinski definition) is 3. The molecule has 0 fully saturated rings. The van der Waals surface area contributed by atoms with Crippen LogP contribution in [0.25, 0.3) is 11.0 Å². The molecule has 1 N–H and O–H groups in total. The van der Waals surface area contributed by atoms with Gasteiger partial charge in [-0.1, -0.05) is 54.6 Å². The molecule has 0 spiro atoms. The molecule has 0 aliphatic carbocycles. The molecule has 0 bridgehead atoms.